The van der Waals surface area contributed by atoms with Gasteiger partial charge in [0.25, 0.3) is 5.78 Å². The van der Waals surface area contributed by atoms with Gasteiger partial charge in [-0.25, -0.2) is 9.50 Å². The Morgan fingerprint density at radius 3 is 2.61 bits per heavy atom. The number of para-hydroxylation sites is 1. The molecule has 0 fully saturated rings. The summed E-state index contributed by atoms with van der Waals surface area (Å²) in [7, 11) is 1.65. The van der Waals surface area contributed by atoms with E-state index in [1.165, 1.54) is 0 Å². The smallest absolute Gasteiger partial charge is 0.252 e. The molecule has 6 nitrogen and oxygen atoms in total. The fraction of sp³-hybridized carbons (Fsp3) is 0.182. The molecule has 0 unspecified atom stereocenters. The number of hydrogen-bond donors (Lipinski definition) is 0. The summed E-state index contributed by atoms with van der Waals surface area (Å²) in [6.45, 7) is 0. The largest absolute Gasteiger partial charge is 0.496 e. The molecule has 6 heteroatoms. The zero-order chi connectivity index (χ0) is 19.1. The summed E-state index contributed by atoms with van der Waals surface area (Å²) in [5, 5.41) is 4.50. The summed E-state index contributed by atoms with van der Waals surface area (Å²) < 4.78 is 7.09. The molecule has 2 heterocycles. The minimum absolute atomic E-state index is 0.0441. The van der Waals surface area contributed by atoms with Crippen molar-refractivity contribution < 1.29 is 9.53 Å². The molecule has 0 spiro atoms. The van der Waals surface area contributed by atoms with Crippen LogP contribution in [0.25, 0.3) is 17.2 Å². The van der Waals surface area contributed by atoms with Gasteiger partial charge in [-0.3, -0.25) is 4.79 Å². The number of rotatable bonds is 3. The Morgan fingerprint density at radius 1 is 1.00 bits per heavy atom. The van der Waals surface area contributed by atoms with E-state index in [4.69, 9.17) is 4.74 Å². The average Bonchev–Trinajstić information content (AvgIpc) is 3.16. The van der Waals surface area contributed by atoms with E-state index in [0.717, 1.165) is 22.6 Å². The minimum Gasteiger partial charge on any atom is -0.496 e. The first-order valence-corrected chi connectivity index (χ1v) is 9.21. The van der Waals surface area contributed by atoms with Crippen molar-refractivity contribution in [2.24, 2.45) is 0 Å². The normalized spacial score (nSPS) is 16.2. The predicted molar refractivity (Wildman–Crippen MR) is 105 cm³/mol. The highest BCUT2D eigenvalue weighted by Gasteiger charge is 2.30. The average molecular weight is 370 g/mol. The molecule has 2 aromatic heterocycles. The van der Waals surface area contributed by atoms with E-state index in [2.05, 4.69) is 15.1 Å². The monoisotopic (exact) mass is 370 g/mol. The second-order valence-corrected chi connectivity index (χ2v) is 6.92. The number of fused-ring (bicyclic) bond motifs is 2. The van der Waals surface area contributed by atoms with Crippen LogP contribution in [0.5, 0.6) is 5.75 Å². The van der Waals surface area contributed by atoms with Crippen LogP contribution in [0.4, 0.5) is 0 Å². The molecule has 0 radical (unpaired) electrons. The minimum atomic E-state index is 0.0441. The van der Waals surface area contributed by atoms with Gasteiger partial charge in [0.2, 0.25) is 0 Å². The van der Waals surface area contributed by atoms with E-state index >= 15 is 0 Å². The molecule has 5 rings (SSSR count). The summed E-state index contributed by atoms with van der Waals surface area (Å²) in [6, 6.07) is 17.6. The molecule has 0 saturated heterocycles. The third kappa shape index (κ3) is 2.74. The summed E-state index contributed by atoms with van der Waals surface area (Å²) in [5.41, 5.74) is 3.36. The highest BCUT2D eigenvalue weighted by atomic mass is 16.5. The molecule has 28 heavy (non-hydrogen) atoms. The predicted octanol–water partition coefficient (Wildman–Crippen LogP) is 3.71. The number of benzene rings is 2. The second-order valence-electron chi connectivity index (χ2n) is 6.92. The Labute approximate surface area is 161 Å². The summed E-state index contributed by atoms with van der Waals surface area (Å²) in [4.78, 5) is 22.1. The van der Waals surface area contributed by atoms with Crippen molar-refractivity contribution in [3.63, 3.8) is 0 Å². The van der Waals surface area contributed by atoms with Gasteiger partial charge < -0.3 is 4.74 Å². The SMILES string of the molecule is COc1ccccc1[C@@H]1CC(=O)c2cn3nc(-c4ccccc4)nc3nc2C1. The maximum atomic E-state index is 12.8. The molecular weight excluding hydrogens is 352 g/mol. The number of aromatic nitrogens is 4. The zero-order valence-corrected chi connectivity index (χ0v) is 15.4. The van der Waals surface area contributed by atoms with Crippen molar-refractivity contribution in [2.75, 3.05) is 7.11 Å². The van der Waals surface area contributed by atoms with Crippen LogP contribution < -0.4 is 4.74 Å². The first-order valence-electron chi connectivity index (χ1n) is 9.21. The Balaban J connectivity index is 1.56. The van der Waals surface area contributed by atoms with Crippen LogP contribution in [-0.2, 0) is 6.42 Å². The lowest BCUT2D eigenvalue weighted by Gasteiger charge is -2.24. The van der Waals surface area contributed by atoms with Crippen LogP contribution >= 0.6 is 0 Å². The van der Waals surface area contributed by atoms with Gasteiger partial charge in [-0.15, -0.1) is 5.10 Å². The lowest BCUT2D eigenvalue weighted by Crippen LogP contribution is -2.21. The fourth-order valence-electron chi connectivity index (χ4n) is 3.82. The van der Waals surface area contributed by atoms with E-state index in [-0.39, 0.29) is 11.7 Å². The van der Waals surface area contributed by atoms with Gasteiger partial charge in [0.15, 0.2) is 11.6 Å². The van der Waals surface area contributed by atoms with Gasteiger partial charge in [-0.05, 0) is 18.1 Å². The van der Waals surface area contributed by atoms with E-state index in [9.17, 15) is 4.79 Å². The maximum Gasteiger partial charge on any atom is 0.252 e. The number of carbonyl (C=O) groups is 1. The van der Waals surface area contributed by atoms with Crippen molar-refractivity contribution >= 4 is 11.6 Å². The number of hydrogen-bond acceptors (Lipinski definition) is 5. The summed E-state index contributed by atoms with van der Waals surface area (Å²) in [5.74, 6) is 2.03. The van der Waals surface area contributed by atoms with Crippen LogP contribution in [-0.4, -0.2) is 32.5 Å². The molecule has 1 aliphatic carbocycles. The van der Waals surface area contributed by atoms with Gasteiger partial charge in [0.1, 0.15) is 5.75 Å². The highest BCUT2D eigenvalue weighted by Crippen LogP contribution is 2.36. The van der Waals surface area contributed by atoms with Gasteiger partial charge in [-0.1, -0.05) is 48.5 Å². The maximum absolute atomic E-state index is 12.8. The molecule has 1 atom stereocenters. The topological polar surface area (TPSA) is 69.4 Å². The van der Waals surface area contributed by atoms with Crippen molar-refractivity contribution in [3.05, 3.63) is 77.6 Å². The van der Waals surface area contributed by atoms with Crippen LogP contribution in [0.1, 0.15) is 34.0 Å². The number of nitrogens with zero attached hydrogens (tertiary/aromatic N) is 4. The van der Waals surface area contributed by atoms with Crippen molar-refractivity contribution in [1.29, 1.82) is 0 Å². The fourth-order valence-corrected chi connectivity index (χ4v) is 3.82. The third-order valence-corrected chi connectivity index (χ3v) is 5.19. The molecule has 2 aromatic carbocycles. The zero-order valence-electron chi connectivity index (χ0n) is 15.4. The molecule has 0 aliphatic heterocycles. The molecule has 0 amide bonds. The second kappa shape index (κ2) is 6.56. The summed E-state index contributed by atoms with van der Waals surface area (Å²) in [6.07, 6.45) is 2.87. The van der Waals surface area contributed by atoms with Crippen molar-refractivity contribution in [3.8, 4) is 17.1 Å². The number of methoxy groups -OCH3 is 1. The Bertz CT molecular complexity index is 1180. The van der Waals surface area contributed by atoms with Gasteiger partial charge >= 0.3 is 0 Å². The van der Waals surface area contributed by atoms with E-state index in [1.54, 1.807) is 17.8 Å². The first kappa shape index (κ1) is 16.6. The van der Waals surface area contributed by atoms with Crippen molar-refractivity contribution in [2.45, 2.75) is 18.8 Å². The molecule has 0 saturated carbocycles. The Morgan fingerprint density at radius 2 is 1.79 bits per heavy atom. The number of Topliss-reactive ketones (excluding diaryl/α,β-unsaturated/α-hetero) is 1. The third-order valence-electron chi connectivity index (χ3n) is 5.19. The molecular formula is C22H18N4O2. The van der Waals surface area contributed by atoms with Gasteiger partial charge in [0, 0.05) is 24.1 Å². The highest BCUT2D eigenvalue weighted by molar-refractivity contribution is 5.98. The summed E-state index contributed by atoms with van der Waals surface area (Å²) >= 11 is 0. The number of ketones is 1. The first-order chi connectivity index (χ1) is 13.7. The lowest BCUT2D eigenvalue weighted by molar-refractivity contribution is 0.0962. The van der Waals surface area contributed by atoms with Crippen LogP contribution in [0.2, 0.25) is 0 Å². The van der Waals surface area contributed by atoms with Crippen LogP contribution in [0.3, 0.4) is 0 Å². The number of carbonyl (C=O) groups excluding carboxylic acids is 1. The molecule has 138 valence electrons. The molecule has 0 bridgehead atoms. The van der Waals surface area contributed by atoms with Gasteiger partial charge in [-0.2, -0.15) is 4.98 Å². The quantitative estimate of drug-likeness (QED) is 0.550. The van der Waals surface area contributed by atoms with Gasteiger partial charge in [0.05, 0.1) is 18.4 Å². The number of ether oxygens (including phenoxy) is 1. The lowest BCUT2D eigenvalue weighted by atomic mass is 9.82. The molecule has 1 aliphatic rings. The molecule has 0 N–H and O–H groups in total. The van der Waals surface area contributed by atoms with Crippen LogP contribution in [0.15, 0.2) is 60.8 Å². The molecule has 4 aromatic rings. The Hall–Kier alpha value is -3.54. The Kier molecular flexibility index (Phi) is 3.90. The van der Waals surface area contributed by atoms with E-state index < -0.39 is 0 Å². The standard InChI is InChI=1S/C22H18N4O2/c1-28-20-10-6-5-9-16(20)15-11-18-17(19(27)12-15)13-26-22(23-18)24-21(25-26)14-7-3-2-4-8-14/h2-10,13,15H,11-12H2,1H3/t15-/m0/s1. The van der Waals surface area contributed by atoms with E-state index in [0.29, 0.717) is 30.0 Å². The van der Waals surface area contributed by atoms with E-state index in [1.807, 2.05) is 54.6 Å². The van der Waals surface area contributed by atoms with Crippen molar-refractivity contribution in [1.82, 2.24) is 19.6 Å². The van der Waals surface area contributed by atoms with Crippen LogP contribution in [0, 0.1) is 0 Å².